The van der Waals surface area contributed by atoms with Crippen LogP contribution in [-0.4, -0.2) is 6.54 Å². The van der Waals surface area contributed by atoms with E-state index in [1.54, 1.807) is 0 Å². The Hall–Kier alpha value is -2.80. The van der Waals surface area contributed by atoms with Crippen molar-refractivity contribution in [3.63, 3.8) is 0 Å². The van der Waals surface area contributed by atoms with Gasteiger partial charge in [0, 0.05) is 12.2 Å². The fourth-order valence-corrected chi connectivity index (χ4v) is 3.39. The lowest BCUT2D eigenvalue weighted by molar-refractivity contribution is 0.650. The Morgan fingerprint density at radius 1 is 0.609 bits per heavy atom. The van der Waals surface area contributed by atoms with Gasteiger partial charge in [0.15, 0.2) is 0 Å². The van der Waals surface area contributed by atoms with Gasteiger partial charge in [-0.15, -0.1) is 0 Å². The van der Waals surface area contributed by atoms with Crippen molar-refractivity contribution in [1.29, 1.82) is 0 Å². The van der Waals surface area contributed by atoms with Crippen molar-refractivity contribution in [1.82, 2.24) is 5.32 Å². The molecule has 0 bridgehead atoms. The van der Waals surface area contributed by atoms with Gasteiger partial charge in [0.05, 0.1) is 5.41 Å². The molecular weight excluding hydrogens is 278 g/mol. The van der Waals surface area contributed by atoms with Crippen LogP contribution < -0.4 is 5.32 Å². The fourth-order valence-electron chi connectivity index (χ4n) is 3.39. The summed E-state index contributed by atoms with van der Waals surface area (Å²) in [7, 11) is 0. The van der Waals surface area contributed by atoms with E-state index in [1.807, 2.05) is 0 Å². The predicted molar refractivity (Wildman–Crippen MR) is 96.1 cm³/mol. The first-order valence-corrected chi connectivity index (χ1v) is 8.02. The van der Waals surface area contributed by atoms with E-state index in [9.17, 15) is 0 Å². The van der Waals surface area contributed by atoms with Crippen LogP contribution in [-0.2, 0) is 5.41 Å². The number of nitrogens with one attached hydrogen (secondary N) is 1. The molecule has 0 amide bonds. The molecule has 1 nitrogen and oxygen atoms in total. The molecule has 0 atom stereocenters. The number of benzene rings is 3. The summed E-state index contributed by atoms with van der Waals surface area (Å²) in [4.78, 5) is 0. The van der Waals surface area contributed by atoms with Gasteiger partial charge in [-0.1, -0.05) is 91.0 Å². The molecular formula is C22H19N. The highest BCUT2D eigenvalue weighted by molar-refractivity contribution is 5.71. The standard InChI is InChI=1S/C22H19N/c1-4-10-18(11-5-1)21-16-22(17-23-21,19-12-6-2-7-13-19)20-14-8-3-9-15-20/h1-16,23H,17H2. The second-order valence-corrected chi connectivity index (χ2v) is 5.98. The van der Waals surface area contributed by atoms with Gasteiger partial charge in [-0.3, -0.25) is 0 Å². The van der Waals surface area contributed by atoms with E-state index in [0.717, 1.165) is 6.54 Å². The van der Waals surface area contributed by atoms with Crippen molar-refractivity contribution >= 4 is 5.70 Å². The van der Waals surface area contributed by atoms with E-state index >= 15 is 0 Å². The van der Waals surface area contributed by atoms with Crippen LogP contribution in [0.15, 0.2) is 97.1 Å². The van der Waals surface area contributed by atoms with Gasteiger partial charge in [-0.05, 0) is 22.8 Å². The Morgan fingerprint density at radius 2 is 1.09 bits per heavy atom. The molecule has 0 fully saturated rings. The van der Waals surface area contributed by atoms with Crippen molar-refractivity contribution in [3.8, 4) is 0 Å². The molecule has 0 unspecified atom stereocenters. The van der Waals surface area contributed by atoms with Crippen LogP contribution in [0.3, 0.4) is 0 Å². The van der Waals surface area contributed by atoms with Gasteiger partial charge >= 0.3 is 0 Å². The van der Waals surface area contributed by atoms with Gasteiger partial charge in [0.25, 0.3) is 0 Å². The zero-order valence-corrected chi connectivity index (χ0v) is 12.9. The third kappa shape index (κ3) is 2.44. The molecule has 1 N–H and O–H groups in total. The van der Waals surface area contributed by atoms with Crippen molar-refractivity contribution in [2.75, 3.05) is 6.54 Å². The fraction of sp³-hybridized carbons (Fsp3) is 0.0909. The lowest BCUT2D eigenvalue weighted by Crippen LogP contribution is -2.30. The Kier molecular flexibility index (Phi) is 3.47. The van der Waals surface area contributed by atoms with E-state index < -0.39 is 0 Å². The molecule has 3 aromatic carbocycles. The van der Waals surface area contributed by atoms with Crippen LogP contribution in [0, 0.1) is 0 Å². The minimum atomic E-state index is -0.117. The molecule has 1 aliphatic heterocycles. The van der Waals surface area contributed by atoms with Gasteiger partial charge < -0.3 is 5.32 Å². The zero-order valence-electron chi connectivity index (χ0n) is 12.9. The molecule has 0 saturated carbocycles. The summed E-state index contributed by atoms with van der Waals surface area (Å²) in [5.74, 6) is 0. The first kappa shape index (κ1) is 13.8. The largest absolute Gasteiger partial charge is 0.383 e. The Bertz CT molecular complexity index is 765. The van der Waals surface area contributed by atoms with Crippen molar-refractivity contribution in [2.45, 2.75) is 5.41 Å². The average Bonchev–Trinajstić information content (AvgIpc) is 3.11. The summed E-state index contributed by atoms with van der Waals surface area (Å²) in [6.07, 6.45) is 2.38. The molecule has 0 saturated heterocycles. The van der Waals surface area contributed by atoms with Crippen LogP contribution in [0.5, 0.6) is 0 Å². The summed E-state index contributed by atoms with van der Waals surface area (Å²) >= 11 is 0. The highest BCUT2D eigenvalue weighted by atomic mass is 14.9. The molecule has 3 aromatic rings. The minimum Gasteiger partial charge on any atom is -0.383 e. The van der Waals surface area contributed by atoms with Crippen LogP contribution in [0.4, 0.5) is 0 Å². The number of hydrogen-bond donors (Lipinski definition) is 1. The molecule has 23 heavy (non-hydrogen) atoms. The predicted octanol–water partition coefficient (Wildman–Crippen LogP) is 4.62. The molecule has 0 aromatic heterocycles. The van der Waals surface area contributed by atoms with E-state index in [-0.39, 0.29) is 5.41 Å². The molecule has 4 rings (SSSR count). The third-order valence-corrected chi connectivity index (χ3v) is 4.61. The monoisotopic (exact) mass is 297 g/mol. The second kappa shape index (κ2) is 5.77. The molecule has 0 aliphatic carbocycles. The number of rotatable bonds is 3. The molecule has 0 radical (unpaired) electrons. The van der Waals surface area contributed by atoms with Gasteiger partial charge in [-0.2, -0.15) is 0 Å². The van der Waals surface area contributed by atoms with Crippen LogP contribution in [0.25, 0.3) is 5.70 Å². The number of hydrogen-bond acceptors (Lipinski definition) is 1. The summed E-state index contributed by atoms with van der Waals surface area (Å²) < 4.78 is 0. The smallest absolute Gasteiger partial charge is 0.0577 e. The zero-order chi connectivity index (χ0) is 15.5. The topological polar surface area (TPSA) is 12.0 Å². The quantitative estimate of drug-likeness (QED) is 0.744. The van der Waals surface area contributed by atoms with E-state index in [1.165, 1.54) is 22.4 Å². The summed E-state index contributed by atoms with van der Waals surface area (Å²) in [5, 5.41) is 3.62. The van der Waals surface area contributed by atoms with E-state index in [4.69, 9.17) is 0 Å². The molecule has 1 heterocycles. The molecule has 1 heteroatoms. The first-order valence-electron chi connectivity index (χ1n) is 8.02. The van der Waals surface area contributed by atoms with Crippen molar-refractivity contribution in [2.24, 2.45) is 0 Å². The van der Waals surface area contributed by atoms with Gasteiger partial charge in [0.1, 0.15) is 0 Å². The lowest BCUT2D eigenvalue weighted by Gasteiger charge is -2.28. The lowest BCUT2D eigenvalue weighted by atomic mass is 9.75. The summed E-state index contributed by atoms with van der Waals surface area (Å²) in [5.41, 5.74) is 4.97. The molecule has 112 valence electrons. The Balaban J connectivity index is 1.87. The molecule has 1 aliphatic rings. The second-order valence-electron chi connectivity index (χ2n) is 5.98. The highest BCUT2D eigenvalue weighted by Crippen LogP contribution is 2.39. The SMILES string of the molecule is C1=C(c2ccccc2)NCC1(c1ccccc1)c1ccccc1. The average molecular weight is 297 g/mol. The maximum atomic E-state index is 3.62. The summed E-state index contributed by atoms with van der Waals surface area (Å²) in [6.45, 7) is 0.880. The summed E-state index contributed by atoms with van der Waals surface area (Å²) in [6, 6.07) is 32.1. The maximum absolute atomic E-state index is 3.62. The minimum absolute atomic E-state index is 0.117. The Morgan fingerprint density at radius 3 is 1.61 bits per heavy atom. The van der Waals surface area contributed by atoms with E-state index in [2.05, 4.69) is 102 Å². The van der Waals surface area contributed by atoms with E-state index in [0.29, 0.717) is 0 Å². The Labute approximate surface area is 137 Å². The first-order chi connectivity index (χ1) is 11.4. The third-order valence-electron chi connectivity index (χ3n) is 4.61. The molecule has 0 spiro atoms. The van der Waals surface area contributed by atoms with Gasteiger partial charge in [0.2, 0.25) is 0 Å². The highest BCUT2D eigenvalue weighted by Gasteiger charge is 2.36. The van der Waals surface area contributed by atoms with Crippen LogP contribution in [0.2, 0.25) is 0 Å². The van der Waals surface area contributed by atoms with Crippen LogP contribution in [0.1, 0.15) is 16.7 Å². The van der Waals surface area contributed by atoms with Crippen molar-refractivity contribution < 1.29 is 0 Å². The van der Waals surface area contributed by atoms with Crippen molar-refractivity contribution in [3.05, 3.63) is 114 Å². The normalized spacial score (nSPS) is 15.7. The maximum Gasteiger partial charge on any atom is 0.0577 e. The van der Waals surface area contributed by atoms with Gasteiger partial charge in [-0.25, -0.2) is 0 Å². The van der Waals surface area contributed by atoms with Crippen LogP contribution >= 0.6 is 0 Å².